The minimum atomic E-state index is 0.000319. The Morgan fingerprint density at radius 3 is 2.07 bits per heavy atom. The molecule has 3 saturated carbocycles. The summed E-state index contributed by atoms with van der Waals surface area (Å²) in [7, 11) is 0. The van der Waals surface area contributed by atoms with Gasteiger partial charge in [-0.25, -0.2) is 0 Å². The minimum absolute atomic E-state index is 0.000319. The van der Waals surface area contributed by atoms with Crippen LogP contribution in [0, 0.1) is 0 Å². The topological polar surface area (TPSA) is 39.7 Å². The van der Waals surface area contributed by atoms with Crippen molar-refractivity contribution in [2.24, 2.45) is 4.99 Å². The molecule has 0 unspecified atom stereocenters. The lowest BCUT2D eigenvalue weighted by Gasteiger charge is -2.53. The molecule has 164 valence electrons. The first-order valence-corrected chi connectivity index (χ1v) is 12.6. The van der Waals surface area contributed by atoms with Crippen molar-refractivity contribution in [2.45, 2.75) is 140 Å². The van der Waals surface area contributed by atoms with E-state index in [9.17, 15) is 0 Å². The number of nitrogens with zero attached hydrogens (tertiary/aromatic N) is 2. The SMILES string of the molecule is CC(C)(C)NC1=C(NC2CCCCC2)N(C2CCCCC2)C2(CCCCC2)N=C1. The zero-order valence-electron chi connectivity index (χ0n) is 19.2. The Morgan fingerprint density at radius 2 is 1.45 bits per heavy atom. The van der Waals surface area contributed by atoms with E-state index >= 15 is 0 Å². The fourth-order valence-electron chi connectivity index (χ4n) is 6.08. The third-order valence-corrected chi connectivity index (χ3v) is 7.43. The van der Waals surface area contributed by atoms with Crippen LogP contribution in [0.4, 0.5) is 0 Å². The molecule has 0 saturated heterocycles. The minimum Gasteiger partial charge on any atom is -0.376 e. The Balaban J connectivity index is 1.71. The Bertz CT molecular complexity index is 597. The van der Waals surface area contributed by atoms with E-state index in [0.717, 1.165) is 0 Å². The van der Waals surface area contributed by atoms with E-state index in [1.165, 1.54) is 108 Å². The predicted molar refractivity (Wildman–Crippen MR) is 123 cm³/mol. The molecule has 0 radical (unpaired) electrons. The van der Waals surface area contributed by atoms with Crippen molar-refractivity contribution in [1.29, 1.82) is 0 Å². The molecule has 1 heterocycles. The van der Waals surface area contributed by atoms with E-state index in [2.05, 4.69) is 42.5 Å². The van der Waals surface area contributed by atoms with Crippen LogP contribution in [0.25, 0.3) is 0 Å². The van der Waals surface area contributed by atoms with E-state index in [4.69, 9.17) is 4.99 Å². The van der Waals surface area contributed by atoms with Gasteiger partial charge in [0.25, 0.3) is 0 Å². The maximum atomic E-state index is 5.33. The van der Waals surface area contributed by atoms with Gasteiger partial charge < -0.3 is 15.5 Å². The molecule has 0 aromatic rings. The van der Waals surface area contributed by atoms with E-state index < -0.39 is 0 Å². The first-order chi connectivity index (χ1) is 14.0. The summed E-state index contributed by atoms with van der Waals surface area (Å²) >= 11 is 0. The van der Waals surface area contributed by atoms with Crippen LogP contribution in [-0.2, 0) is 0 Å². The lowest BCUT2D eigenvalue weighted by Crippen LogP contribution is -2.60. The summed E-state index contributed by atoms with van der Waals surface area (Å²) in [4.78, 5) is 8.14. The summed E-state index contributed by atoms with van der Waals surface area (Å²) in [5.41, 5.74) is 1.26. The van der Waals surface area contributed by atoms with Crippen molar-refractivity contribution < 1.29 is 0 Å². The summed E-state index contributed by atoms with van der Waals surface area (Å²) in [6.07, 6.45) is 22.2. The molecule has 4 rings (SSSR count). The normalized spacial score (nSPS) is 26.8. The van der Waals surface area contributed by atoms with Gasteiger partial charge in [-0.05, 0) is 72.1 Å². The second-order valence-corrected chi connectivity index (χ2v) is 11.1. The van der Waals surface area contributed by atoms with Crippen molar-refractivity contribution >= 4 is 6.21 Å². The van der Waals surface area contributed by atoms with Gasteiger partial charge >= 0.3 is 0 Å². The van der Waals surface area contributed by atoms with Gasteiger partial charge in [0.1, 0.15) is 11.5 Å². The van der Waals surface area contributed by atoms with Gasteiger partial charge in [0.2, 0.25) is 0 Å². The highest BCUT2D eigenvalue weighted by Crippen LogP contribution is 2.43. The molecule has 0 aromatic heterocycles. The van der Waals surface area contributed by atoms with Gasteiger partial charge in [-0.3, -0.25) is 4.99 Å². The third kappa shape index (κ3) is 4.94. The molecule has 0 aromatic carbocycles. The molecule has 1 aliphatic heterocycles. The van der Waals surface area contributed by atoms with Gasteiger partial charge in [-0.1, -0.05) is 44.9 Å². The number of hydrogen-bond donors (Lipinski definition) is 2. The number of rotatable bonds is 4. The van der Waals surface area contributed by atoms with Gasteiger partial charge in [-0.15, -0.1) is 0 Å². The highest BCUT2D eigenvalue weighted by molar-refractivity contribution is 5.80. The van der Waals surface area contributed by atoms with E-state index in [1.54, 1.807) is 0 Å². The van der Waals surface area contributed by atoms with Gasteiger partial charge in [0, 0.05) is 17.6 Å². The van der Waals surface area contributed by atoms with Crippen molar-refractivity contribution in [2.75, 3.05) is 0 Å². The summed E-state index contributed by atoms with van der Waals surface area (Å²) in [5.74, 6) is 1.38. The lowest BCUT2D eigenvalue weighted by molar-refractivity contribution is 0.0228. The Labute approximate surface area is 179 Å². The van der Waals surface area contributed by atoms with E-state index in [-0.39, 0.29) is 11.2 Å². The smallest absolute Gasteiger partial charge is 0.133 e. The van der Waals surface area contributed by atoms with E-state index in [0.29, 0.717) is 12.1 Å². The maximum Gasteiger partial charge on any atom is 0.133 e. The lowest BCUT2D eigenvalue weighted by atomic mass is 9.83. The summed E-state index contributed by atoms with van der Waals surface area (Å²) in [6.45, 7) is 6.80. The molecular weight excluding hydrogens is 356 g/mol. The Hall–Kier alpha value is -1.19. The highest BCUT2D eigenvalue weighted by Gasteiger charge is 2.45. The average Bonchev–Trinajstić information content (AvgIpc) is 2.72. The van der Waals surface area contributed by atoms with Crippen molar-refractivity contribution in [3.8, 4) is 0 Å². The number of allylic oxidation sites excluding steroid dienone is 1. The van der Waals surface area contributed by atoms with Gasteiger partial charge in [0.15, 0.2) is 0 Å². The number of aliphatic imine (C=N–C) groups is 1. The molecule has 1 spiro atoms. The van der Waals surface area contributed by atoms with Crippen LogP contribution in [0.3, 0.4) is 0 Å². The largest absolute Gasteiger partial charge is 0.376 e. The first kappa shape index (κ1) is 21.1. The van der Waals surface area contributed by atoms with Crippen molar-refractivity contribution in [3.05, 3.63) is 11.5 Å². The Kier molecular flexibility index (Phi) is 6.46. The van der Waals surface area contributed by atoms with Crippen LogP contribution >= 0.6 is 0 Å². The fraction of sp³-hybridized carbons (Fsp3) is 0.880. The predicted octanol–water partition coefficient (Wildman–Crippen LogP) is 5.85. The molecule has 4 nitrogen and oxygen atoms in total. The maximum absolute atomic E-state index is 5.33. The summed E-state index contributed by atoms with van der Waals surface area (Å²) in [6, 6.07) is 1.26. The summed E-state index contributed by atoms with van der Waals surface area (Å²) in [5, 5.41) is 7.92. The van der Waals surface area contributed by atoms with Crippen LogP contribution in [0.2, 0.25) is 0 Å². The van der Waals surface area contributed by atoms with Crippen molar-refractivity contribution in [3.63, 3.8) is 0 Å². The zero-order chi connectivity index (χ0) is 20.3. The summed E-state index contributed by atoms with van der Waals surface area (Å²) < 4.78 is 0. The van der Waals surface area contributed by atoms with Gasteiger partial charge in [0.05, 0.1) is 11.9 Å². The molecule has 0 bridgehead atoms. The zero-order valence-corrected chi connectivity index (χ0v) is 19.2. The van der Waals surface area contributed by atoms with Crippen LogP contribution in [0.15, 0.2) is 16.5 Å². The molecule has 3 fully saturated rings. The first-order valence-electron chi connectivity index (χ1n) is 12.6. The van der Waals surface area contributed by atoms with Crippen LogP contribution in [-0.4, -0.2) is 34.4 Å². The molecule has 4 aliphatic rings. The van der Waals surface area contributed by atoms with Crippen LogP contribution < -0.4 is 10.6 Å². The second kappa shape index (κ2) is 8.89. The fourth-order valence-corrected chi connectivity index (χ4v) is 6.08. The van der Waals surface area contributed by atoms with E-state index in [1.807, 2.05) is 0 Å². The number of hydrogen-bond acceptors (Lipinski definition) is 4. The molecule has 0 atom stereocenters. The standard InChI is InChI=1S/C25H44N4/c1-24(2,3)28-22-19-26-25(17-11-6-12-18-25)29(21-15-9-5-10-16-21)23(22)27-20-13-7-4-8-14-20/h19-21,27-28H,4-18H2,1-3H3. The quantitative estimate of drug-likeness (QED) is 0.622. The van der Waals surface area contributed by atoms with Crippen LogP contribution in [0.1, 0.15) is 117 Å². The van der Waals surface area contributed by atoms with Crippen LogP contribution in [0.5, 0.6) is 0 Å². The monoisotopic (exact) mass is 400 g/mol. The molecule has 4 heteroatoms. The highest BCUT2D eigenvalue weighted by atomic mass is 15.4. The van der Waals surface area contributed by atoms with Crippen molar-refractivity contribution in [1.82, 2.24) is 15.5 Å². The molecule has 29 heavy (non-hydrogen) atoms. The third-order valence-electron chi connectivity index (χ3n) is 7.43. The molecule has 2 N–H and O–H groups in total. The molecular formula is C25H44N4. The Morgan fingerprint density at radius 1 is 0.862 bits per heavy atom. The molecule has 3 aliphatic carbocycles. The molecule has 0 amide bonds. The van der Waals surface area contributed by atoms with Gasteiger partial charge in [-0.2, -0.15) is 0 Å². The second-order valence-electron chi connectivity index (χ2n) is 11.1. The average molecular weight is 401 g/mol. The number of nitrogens with one attached hydrogen (secondary N) is 2.